The van der Waals surface area contributed by atoms with Gasteiger partial charge in [0.1, 0.15) is 0 Å². The number of allylic oxidation sites excluding steroid dienone is 4. The Morgan fingerprint density at radius 2 is 2.11 bits per heavy atom. The first-order chi connectivity index (χ1) is 17.8. The number of hydrogen-bond donors (Lipinski definition) is 1. The molecule has 9 heteroatoms. The van der Waals surface area contributed by atoms with Crippen LogP contribution in [0, 0.1) is 17.3 Å². The number of carbonyl (C=O) groups excluding carboxylic acids is 2. The summed E-state index contributed by atoms with van der Waals surface area (Å²) in [7, 11) is 1.73. The molecule has 3 heterocycles. The molecular formula is C28H34N6O3. The van der Waals surface area contributed by atoms with Crippen molar-refractivity contribution in [2.75, 3.05) is 6.54 Å². The maximum Gasteiger partial charge on any atom is 0.287 e. The summed E-state index contributed by atoms with van der Waals surface area (Å²) in [5, 5.41) is 16.0. The van der Waals surface area contributed by atoms with Gasteiger partial charge in [0.25, 0.3) is 5.91 Å². The van der Waals surface area contributed by atoms with Gasteiger partial charge in [0, 0.05) is 24.5 Å². The number of amides is 1. The Bertz CT molecular complexity index is 1340. The lowest BCUT2D eigenvalue weighted by molar-refractivity contribution is -0.116. The molecule has 194 valence electrons. The number of aromatic nitrogens is 5. The Morgan fingerprint density at radius 1 is 1.24 bits per heavy atom. The molecule has 3 atom stereocenters. The summed E-state index contributed by atoms with van der Waals surface area (Å²) in [5.74, 6) is 1.86. The molecule has 2 fully saturated rings. The molecule has 0 saturated heterocycles. The lowest BCUT2D eigenvalue weighted by atomic mass is 9.90. The first kappa shape index (κ1) is 25.0. The Hall–Kier alpha value is -3.62. The summed E-state index contributed by atoms with van der Waals surface area (Å²) in [6.07, 6.45) is 14.4. The molecule has 1 N–H and O–H groups in total. The van der Waals surface area contributed by atoms with E-state index in [0.29, 0.717) is 47.4 Å². The van der Waals surface area contributed by atoms with E-state index in [0.717, 1.165) is 48.6 Å². The number of furan rings is 1. The predicted molar refractivity (Wildman–Crippen MR) is 139 cm³/mol. The summed E-state index contributed by atoms with van der Waals surface area (Å²) >= 11 is 0. The predicted octanol–water partition coefficient (Wildman–Crippen LogP) is 4.68. The maximum absolute atomic E-state index is 12.9. The zero-order valence-electron chi connectivity index (χ0n) is 21.7. The van der Waals surface area contributed by atoms with Gasteiger partial charge in [-0.1, -0.05) is 18.6 Å². The van der Waals surface area contributed by atoms with E-state index >= 15 is 0 Å². The zero-order chi connectivity index (χ0) is 26.0. The molecule has 0 bridgehead atoms. The summed E-state index contributed by atoms with van der Waals surface area (Å²) in [4.78, 5) is 31.0. The first-order valence-corrected chi connectivity index (χ1v) is 13.1. The average Bonchev–Trinajstić information content (AvgIpc) is 3.20. The topological polar surface area (TPSA) is 116 Å². The Morgan fingerprint density at radius 3 is 2.89 bits per heavy atom. The number of rotatable bonds is 8. The Balaban J connectivity index is 1.09. The minimum Gasteiger partial charge on any atom is -0.449 e. The highest BCUT2D eigenvalue weighted by molar-refractivity contribution is 5.96. The molecule has 37 heavy (non-hydrogen) atoms. The molecule has 5 rings (SSSR count). The van der Waals surface area contributed by atoms with Crippen molar-refractivity contribution in [3.05, 3.63) is 53.8 Å². The van der Waals surface area contributed by atoms with Gasteiger partial charge in [-0.15, -0.1) is 10.2 Å². The van der Waals surface area contributed by atoms with Crippen molar-refractivity contribution in [3.63, 3.8) is 0 Å². The molecule has 2 aliphatic rings. The fourth-order valence-electron chi connectivity index (χ4n) is 5.62. The van der Waals surface area contributed by atoms with Crippen LogP contribution in [0.3, 0.4) is 0 Å². The van der Waals surface area contributed by atoms with Gasteiger partial charge in [0.15, 0.2) is 17.1 Å². The highest BCUT2D eigenvalue weighted by atomic mass is 16.3. The number of fused-ring (bicyclic) bond motifs is 1. The number of hydrogen-bond acceptors (Lipinski definition) is 7. The van der Waals surface area contributed by atoms with Crippen molar-refractivity contribution in [2.24, 2.45) is 24.3 Å². The quantitative estimate of drug-likeness (QED) is 0.351. The third kappa shape index (κ3) is 5.70. The van der Waals surface area contributed by atoms with E-state index in [1.54, 1.807) is 25.5 Å². The third-order valence-corrected chi connectivity index (χ3v) is 8.11. The lowest BCUT2D eigenvalue weighted by Crippen LogP contribution is -2.26. The van der Waals surface area contributed by atoms with Crippen LogP contribution in [-0.4, -0.2) is 43.4 Å². The monoisotopic (exact) mass is 502 g/mol. The second kappa shape index (κ2) is 10.4. The second-order valence-electron chi connectivity index (χ2n) is 10.7. The van der Waals surface area contributed by atoms with Crippen LogP contribution in [-0.2, 0) is 11.8 Å². The highest BCUT2D eigenvalue weighted by Gasteiger charge is 2.53. The fraction of sp³-hybridized carbons (Fsp3) is 0.500. The smallest absolute Gasteiger partial charge is 0.287 e. The van der Waals surface area contributed by atoms with Gasteiger partial charge in [-0.2, -0.15) is 4.80 Å². The molecule has 1 amide bonds. The van der Waals surface area contributed by atoms with Crippen LogP contribution in [0.4, 0.5) is 0 Å². The molecular weight excluding hydrogens is 468 g/mol. The van der Waals surface area contributed by atoms with Gasteiger partial charge in [-0.05, 0) is 91.7 Å². The summed E-state index contributed by atoms with van der Waals surface area (Å²) in [6.45, 7) is 4.47. The second-order valence-corrected chi connectivity index (χ2v) is 10.7. The average molecular weight is 503 g/mol. The number of carbonyl (C=O) groups is 2. The zero-order valence-corrected chi connectivity index (χ0v) is 21.7. The number of nitrogens with one attached hydrogen (secondary N) is 1. The van der Waals surface area contributed by atoms with E-state index in [2.05, 4.69) is 25.7 Å². The van der Waals surface area contributed by atoms with Crippen molar-refractivity contribution >= 4 is 28.2 Å². The molecule has 0 radical (unpaired) electrons. The number of Topliss-reactive ketones (excluding diaryl/α,β-unsaturated/α-hetero) is 1. The summed E-state index contributed by atoms with van der Waals surface area (Å²) in [5.41, 5.74) is 2.58. The first-order valence-electron chi connectivity index (χ1n) is 13.1. The van der Waals surface area contributed by atoms with E-state index in [-0.39, 0.29) is 11.7 Å². The number of aryl methyl sites for hydroxylation is 1. The van der Waals surface area contributed by atoms with Gasteiger partial charge in [-0.25, -0.2) is 0 Å². The van der Waals surface area contributed by atoms with E-state index in [9.17, 15) is 9.59 Å². The standard InChI is InChI=1S/C28H34N6O3/c1-18(6-7-19(2)26-31-33-34(3)32-26)23(35)13-20-5-4-10-28(11-8-20)15-22(28)16-30-27(36)24-14-21-9-12-29-17-25(21)37-24/h6-7,9,12,14,17,20,22H,4-5,8,10-11,13,15-16H2,1-3H3,(H,30,36). The molecule has 0 aliphatic heterocycles. The molecule has 3 unspecified atom stereocenters. The van der Waals surface area contributed by atoms with Crippen LogP contribution >= 0.6 is 0 Å². The molecule has 2 saturated carbocycles. The SMILES string of the molecule is CC(=CC=C(C)c1nnn(C)n1)C(=O)CC1CCCC2(CC1)CC2CNC(=O)c1cc2ccncc2o1. The van der Waals surface area contributed by atoms with Crippen LogP contribution in [0.25, 0.3) is 16.5 Å². The Kier molecular flexibility index (Phi) is 7.04. The molecule has 9 nitrogen and oxygen atoms in total. The molecule has 3 aromatic rings. The molecule has 0 aromatic carbocycles. The minimum absolute atomic E-state index is 0.169. The molecule has 2 aliphatic carbocycles. The van der Waals surface area contributed by atoms with Crippen molar-refractivity contribution in [3.8, 4) is 0 Å². The number of pyridine rings is 1. The van der Waals surface area contributed by atoms with E-state index in [4.69, 9.17) is 4.42 Å². The molecule has 3 aromatic heterocycles. The van der Waals surface area contributed by atoms with Crippen LogP contribution in [0.5, 0.6) is 0 Å². The van der Waals surface area contributed by atoms with Gasteiger partial charge in [-0.3, -0.25) is 14.6 Å². The van der Waals surface area contributed by atoms with Crippen molar-refractivity contribution < 1.29 is 14.0 Å². The third-order valence-electron chi connectivity index (χ3n) is 8.11. The molecule has 1 spiro atoms. The van der Waals surface area contributed by atoms with Gasteiger partial charge >= 0.3 is 0 Å². The summed E-state index contributed by atoms with van der Waals surface area (Å²) < 4.78 is 5.64. The van der Waals surface area contributed by atoms with Gasteiger partial charge < -0.3 is 9.73 Å². The number of ketones is 1. The largest absolute Gasteiger partial charge is 0.449 e. The lowest BCUT2D eigenvalue weighted by Gasteiger charge is -2.16. The fourth-order valence-corrected chi connectivity index (χ4v) is 5.62. The van der Waals surface area contributed by atoms with Crippen LogP contribution < -0.4 is 5.32 Å². The van der Waals surface area contributed by atoms with E-state index in [1.807, 2.05) is 32.1 Å². The Labute approximate surface area is 216 Å². The highest BCUT2D eigenvalue weighted by Crippen LogP contribution is 2.61. The van der Waals surface area contributed by atoms with Crippen molar-refractivity contribution in [2.45, 2.75) is 58.8 Å². The summed E-state index contributed by atoms with van der Waals surface area (Å²) in [6, 6.07) is 3.60. The van der Waals surface area contributed by atoms with Crippen molar-refractivity contribution in [1.29, 1.82) is 0 Å². The van der Waals surface area contributed by atoms with Crippen molar-refractivity contribution in [1.82, 2.24) is 30.5 Å². The maximum atomic E-state index is 12.9. The van der Waals surface area contributed by atoms with Crippen LogP contribution in [0.1, 0.15) is 75.2 Å². The van der Waals surface area contributed by atoms with Crippen LogP contribution in [0.15, 0.2) is 46.7 Å². The van der Waals surface area contributed by atoms with E-state index < -0.39 is 0 Å². The minimum atomic E-state index is -0.169. The number of tetrazole rings is 1. The van der Waals surface area contributed by atoms with Crippen LogP contribution in [0.2, 0.25) is 0 Å². The van der Waals surface area contributed by atoms with Gasteiger partial charge in [0.2, 0.25) is 5.82 Å². The number of nitrogens with zero attached hydrogens (tertiary/aromatic N) is 5. The van der Waals surface area contributed by atoms with E-state index in [1.165, 1.54) is 11.2 Å². The normalized spacial score (nSPS) is 24.3. The van der Waals surface area contributed by atoms with Gasteiger partial charge in [0.05, 0.1) is 13.2 Å².